The molecule has 1 fully saturated rings. The van der Waals surface area contributed by atoms with Crippen LogP contribution in [0.4, 0.5) is 5.69 Å². The predicted molar refractivity (Wildman–Crippen MR) is 88.6 cm³/mol. The van der Waals surface area contributed by atoms with E-state index in [0.717, 1.165) is 13.0 Å². The summed E-state index contributed by atoms with van der Waals surface area (Å²) in [5, 5.41) is 6.45. The summed E-state index contributed by atoms with van der Waals surface area (Å²) in [6.45, 7) is 7.55. The second kappa shape index (κ2) is 6.97. The topological polar surface area (TPSA) is 41.1 Å². The van der Waals surface area contributed by atoms with Crippen LogP contribution in [0.15, 0.2) is 24.3 Å². The van der Waals surface area contributed by atoms with Crippen molar-refractivity contribution in [3.8, 4) is 0 Å². The molecule has 0 unspecified atom stereocenters. The maximum absolute atomic E-state index is 10.3. The van der Waals surface area contributed by atoms with Crippen LogP contribution in [0.25, 0.3) is 0 Å². The molecular weight excluding hydrogens is 260 g/mol. The average molecular weight is 288 g/mol. The molecule has 0 bridgehead atoms. The number of anilines is 1. The molecule has 1 saturated carbocycles. The quantitative estimate of drug-likeness (QED) is 0.811. The van der Waals surface area contributed by atoms with Gasteiger partial charge >= 0.3 is 0 Å². The molecule has 0 radical (unpaired) electrons. The van der Waals surface area contributed by atoms with Gasteiger partial charge in [-0.05, 0) is 54.7 Å². The van der Waals surface area contributed by atoms with Crippen LogP contribution >= 0.6 is 0 Å². The van der Waals surface area contributed by atoms with Gasteiger partial charge in [0.1, 0.15) is 0 Å². The summed E-state index contributed by atoms with van der Waals surface area (Å²) in [6.07, 6.45) is 5.57. The van der Waals surface area contributed by atoms with E-state index in [4.69, 9.17) is 0 Å². The fourth-order valence-electron chi connectivity index (χ4n) is 3.03. The third-order valence-corrected chi connectivity index (χ3v) is 4.46. The summed E-state index contributed by atoms with van der Waals surface area (Å²) >= 11 is 0. The molecule has 1 aliphatic carbocycles. The van der Waals surface area contributed by atoms with Crippen molar-refractivity contribution in [3.05, 3.63) is 29.8 Å². The first-order valence-corrected chi connectivity index (χ1v) is 8.03. The summed E-state index contributed by atoms with van der Waals surface area (Å²) in [4.78, 5) is 10.3. The van der Waals surface area contributed by atoms with E-state index in [0.29, 0.717) is 12.0 Å². The standard InChI is InChI=1S/C18H28N2O/c1-18(2,3)15-6-10-17(11-7-15)20-16-8-4-14(5-9-16)12-19-13-21/h6-7,10-11,13-14,16,20H,4-5,8-9,12H2,1-3H3,(H,19,21). The first-order chi connectivity index (χ1) is 9.99. The number of hydrogen-bond donors (Lipinski definition) is 2. The van der Waals surface area contributed by atoms with Gasteiger partial charge in [0, 0.05) is 18.3 Å². The Hall–Kier alpha value is -1.51. The van der Waals surface area contributed by atoms with Crippen molar-refractivity contribution in [3.63, 3.8) is 0 Å². The summed E-state index contributed by atoms with van der Waals surface area (Å²) < 4.78 is 0. The van der Waals surface area contributed by atoms with E-state index < -0.39 is 0 Å². The third-order valence-electron chi connectivity index (χ3n) is 4.46. The summed E-state index contributed by atoms with van der Waals surface area (Å²) in [5.41, 5.74) is 2.80. The molecule has 0 aromatic heterocycles. The van der Waals surface area contributed by atoms with Gasteiger partial charge in [-0.3, -0.25) is 4.79 Å². The highest BCUT2D eigenvalue weighted by Gasteiger charge is 2.21. The Bertz CT molecular complexity index is 439. The Morgan fingerprint density at radius 2 is 1.71 bits per heavy atom. The molecule has 3 nitrogen and oxygen atoms in total. The fourth-order valence-corrected chi connectivity index (χ4v) is 3.03. The molecule has 0 heterocycles. The lowest BCUT2D eigenvalue weighted by Crippen LogP contribution is -2.30. The Kier molecular flexibility index (Phi) is 5.27. The average Bonchev–Trinajstić information content (AvgIpc) is 2.46. The zero-order valence-electron chi connectivity index (χ0n) is 13.5. The smallest absolute Gasteiger partial charge is 0.207 e. The van der Waals surface area contributed by atoms with Crippen LogP contribution < -0.4 is 10.6 Å². The Labute approximate surface area is 128 Å². The molecule has 0 saturated heterocycles. The molecule has 1 aliphatic rings. The summed E-state index contributed by atoms with van der Waals surface area (Å²) in [5.74, 6) is 0.650. The van der Waals surface area contributed by atoms with Gasteiger partial charge in [-0.2, -0.15) is 0 Å². The Balaban J connectivity index is 1.82. The van der Waals surface area contributed by atoms with Crippen LogP contribution in [-0.4, -0.2) is 19.0 Å². The van der Waals surface area contributed by atoms with E-state index in [1.54, 1.807) is 0 Å². The van der Waals surface area contributed by atoms with Crippen molar-refractivity contribution in [1.82, 2.24) is 5.32 Å². The van der Waals surface area contributed by atoms with E-state index in [9.17, 15) is 4.79 Å². The number of carbonyl (C=O) groups is 1. The third kappa shape index (κ3) is 4.76. The van der Waals surface area contributed by atoms with Crippen molar-refractivity contribution < 1.29 is 4.79 Å². The molecule has 1 amide bonds. The minimum Gasteiger partial charge on any atom is -0.382 e. The van der Waals surface area contributed by atoms with E-state index in [1.807, 2.05) is 0 Å². The largest absolute Gasteiger partial charge is 0.382 e. The van der Waals surface area contributed by atoms with Crippen molar-refractivity contribution in [1.29, 1.82) is 0 Å². The SMILES string of the molecule is CC(C)(C)c1ccc(NC2CCC(CNC=O)CC2)cc1. The maximum atomic E-state index is 10.3. The molecule has 1 aromatic rings. The van der Waals surface area contributed by atoms with Gasteiger partial charge < -0.3 is 10.6 Å². The van der Waals surface area contributed by atoms with Gasteiger partial charge in [0.15, 0.2) is 0 Å². The number of hydrogen-bond acceptors (Lipinski definition) is 2. The van der Waals surface area contributed by atoms with Crippen molar-refractivity contribution >= 4 is 12.1 Å². The number of nitrogens with one attached hydrogen (secondary N) is 2. The molecule has 21 heavy (non-hydrogen) atoms. The van der Waals surface area contributed by atoms with Crippen LogP contribution in [0.3, 0.4) is 0 Å². The van der Waals surface area contributed by atoms with Crippen LogP contribution in [0.5, 0.6) is 0 Å². The highest BCUT2D eigenvalue weighted by molar-refractivity contribution is 5.47. The van der Waals surface area contributed by atoms with E-state index in [1.165, 1.54) is 36.9 Å². The second-order valence-corrected chi connectivity index (χ2v) is 7.22. The zero-order valence-corrected chi connectivity index (χ0v) is 13.5. The normalized spacial score (nSPS) is 22.6. The van der Waals surface area contributed by atoms with E-state index in [2.05, 4.69) is 55.7 Å². The molecule has 2 N–H and O–H groups in total. The molecule has 1 aromatic carbocycles. The van der Waals surface area contributed by atoms with Crippen LogP contribution in [0, 0.1) is 5.92 Å². The first-order valence-electron chi connectivity index (χ1n) is 8.03. The Morgan fingerprint density at radius 3 is 2.24 bits per heavy atom. The molecule has 0 spiro atoms. The number of amides is 1. The molecule has 2 rings (SSSR count). The molecule has 0 aliphatic heterocycles. The summed E-state index contributed by atoms with van der Waals surface area (Å²) in [6, 6.07) is 9.41. The van der Waals surface area contributed by atoms with Gasteiger partial charge in [0.05, 0.1) is 0 Å². The fraction of sp³-hybridized carbons (Fsp3) is 0.611. The van der Waals surface area contributed by atoms with Gasteiger partial charge in [-0.1, -0.05) is 32.9 Å². The van der Waals surface area contributed by atoms with Crippen LogP contribution in [0.2, 0.25) is 0 Å². The molecule has 0 atom stereocenters. The van der Waals surface area contributed by atoms with Crippen LogP contribution in [-0.2, 0) is 10.2 Å². The lowest BCUT2D eigenvalue weighted by molar-refractivity contribution is -0.109. The van der Waals surface area contributed by atoms with Gasteiger partial charge in [-0.15, -0.1) is 0 Å². The summed E-state index contributed by atoms with van der Waals surface area (Å²) in [7, 11) is 0. The van der Waals surface area contributed by atoms with Crippen molar-refractivity contribution in [2.75, 3.05) is 11.9 Å². The highest BCUT2D eigenvalue weighted by Crippen LogP contribution is 2.27. The van der Waals surface area contributed by atoms with Gasteiger partial charge in [-0.25, -0.2) is 0 Å². The number of carbonyl (C=O) groups excluding carboxylic acids is 1. The molecular formula is C18H28N2O. The maximum Gasteiger partial charge on any atom is 0.207 e. The first kappa shape index (κ1) is 15.9. The predicted octanol–water partition coefficient (Wildman–Crippen LogP) is 3.70. The minimum atomic E-state index is 0.210. The van der Waals surface area contributed by atoms with Gasteiger partial charge in [0.2, 0.25) is 6.41 Å². The number of rotatable bonds is 5. The highest BCUT2D eigenvalue weighted by atomic mass is 16.1. The number of benzene rings is 1. The lowest BCUT2D eigenvalue weighted by atomic mass is 9.85. The van der Waals surface area contributed by atoms with Gasteiger partial charge in [0.25, 0.3) is 0 Å². The van der Waals surface area contributed by atoms with E-state index in [-0.39, 0.29) is 5.41 Å². The minimum absolute atomic E-state index is 0.210. The molecule has 3 heteroatoms. The van der Waals surface area contributed by atoms with Crippen molar-refractivity contribution in [2.24, 2.45) is 5.92 Å². The van der Waals surface area contributed by atoms with E-state index >= 15 is 0 Å². The second-order valence-electron chi connectivity index (χ2n) is 7.22. The zero-order chi connectivity index (χ0) is 15.3. The van der Waals surface area contributed by atoms with Crippen LogP contribution in [0.1, 0.15) is 52.0 Å². The lowest BCUT2D eigenvalue weighted by Gasteiger charge is -2.29. The molecule has 116 valence electrons. The van der Waals surface area contributed by atoms with Crippen molar-refractivity contribution in [2.45, 2.75) is 57.9 Å². The monoisotopic (exact) mass is 288 g/mol. The Morgan fingerprint density at radius 1 is 1.10 bits per heavy atom.